The Balaban J connectivity index is 2.23. The van der Waals surface area contributed by atoms with Crippen LogP contribution in [0.3, 0.4) is 0 Å². The number of fused-ring (bicyclic) bond motifs is 1. The smallest absolute Gasteiger partial charge is 0.307 e. The van der Waals surface area contributed by atoms with Crippen molar-refractivity contribution in [2.45, 2.75) is 26.7 Å². The molecule has 5 nitrogen and oxygen atoms in total. The van der Waals surface area contributed by atoms with E-state index in [4.69, 9.17) is 4.74 Å². The average molecular weight is 361 g/mol. The fourth-order valence-electron chi connectivity index (χ4n) is 3.06. The minimum Gasteiger partial charge on any atom is -0.493 e. The number of rotatable bonds is 5. The number of carboxylic acids is 1. The van der Waals surface area contributed by atoms with Crippen molar-refractivity contribution in [1.29, 1.82) is 0 Å². The molecule has 1 aromatic rings. The van der Waals surface area contributed by atoms with Crippen molar-refractivity contribution < 1.29 is 23.8 Å². The number of hydrogen-bond acceptors (Lipinski definition) is 5. The van der Waals surface area contributed by atoms with Gasteiger partial charge in [-0.2, -0.15) is 0 Å². The van der Waals surface area contributed by atoms with E-state index in [9.17, 15) is 19.1 Å². The van der Waals surface area contributed by atoms with Crippen LogP contribution in [0.4, 0.5) is 4.39 Å². The van der Waals surface area contributed by atoms with E-state index in [1.807, 2.05) is 6.92 Å². The number of halogens is 1. The zero-order valence-corrected chi connectivity index (χ0v) is 14.8. The van der Waals surface area contributed by atoms with E-state index in [1.54, 1.807) is 19.1 Å². The average Bonchev–Trinajstić information content (AvgIpc) is 3.09. The standard InChI is InChI=1S/C18H16FNO4S/c1-8-4-5-13(25-8)17(23)16-15-10(6-14(21)22)9(2)20-12(15)7-11(19)18(16)24-3/h4-5H,6-7H2,1-3H3,(H,21,22). The number of ketones is 1. The van der Waals surface area contributed by atoms with Crippen molar-refractivity contribution in [1.82, 2.24) is 0 Å². The van der Waals surface area contributed by atoms with Crippen LogP contribution in [0.25, 0.3) is 0 Å². The van der Waals surface area contributed by atoms with Crippen LogP contribution in [-0.4, -0.2) is 29.7 Å². The molecule has 1 aromatic heterocycles. The molecule has 0 aromatic carbocycles. The number of nitrogens with zero attached hydrogens (tertiary/aromatic N) is 1. The molecule has 1 aliphatic carbocycles. The number of hydrogen-bond donors (Lipinski definition) is 1. The molecule has 130 valence electrons. The molecule has 1 aliphatic heterocycles. The molecule has 1 N–H and O–H groups in total. The van der Waals surface area contributed by atoms with Crippen LogP contribution in [0.2, 0.25) is 0 Å². The van der Waals surface area contributed by atoms with Gasteiger partial charge in [-0.3, -0.25) is 14.6 Å². The number of aliphatic carboxylic acids is 1. The Morgan fingerprint density at radius 3 is 2.64 bits per heavy atom. The molecule has 0 fully saturated rings. The number of allylic oxidation sites excluding steroid dienone is 4. The van der Waals surface area contributed by atoms with Gasteiger partial charge in [0.2, 0.25) is 5.78 Å². The second-order valence-electron chi connectivity index (χ2n) is 5.80. The normalized spacial score (nSPS) is 17.0. The van der Waals surface area contributed by atoms with Crippen molar-refractivity contribution >= 4 is 28.8 Å². The lowest BCUT2D eigenvalue weighted by molar-refractivity contribution is -0.136. The summed E-state index contributed by atoms with van der Waals surface area (Å²) in [6, 6.07) is 3.48. The van der Waals surface area contributed by atoms with Crippen LogP contribution in [0.15, 0.2) is 51.1 Å². The molecule has 3 rings (SSSR count). The molecule has 25 heavy (non-hydrogen) atoms. The lowest BCUT2D eigenvalue weighted by atomic mass is 9.85. The predicted octanol–water partition coefficient (Wildman–Crippen LogP) is 3.97. The van der Waals surface area contributed by atoms with E-state index < -0.39 is 11.8 Å². The fraction of sp³-hybridized carbons (Fsp3) is 0.278. The Labute approximate surface area is 147 Å². The van der Waals surface area contributed by atoms with Crippen LogP contribution in [0, 0.1) is 6.92 Å². The van der Waals surface area contributed by atoms with Gasteiger partial charge in [0, 0.05) is 22.6 Å². The maximum absolute atomic E-state index is 14.5. The molecular weight excluding hydrogens is 345 g/mol. The Kier molecular flexibility index (Phi) is 4.43. The number of Topliss-reactive ketones (excluding diaryl/α,β-unsaturated/α-hetero) is 1. The summed E-state index contributed by atoms with van der Waals surface area (Å²) in [5.74, 6) is -2.13. The van der Waals surface area contributed by atoms with E-state index in [1.165, 1.54) is 18.4 Å². The zero-order chi connectivity index (χ0) is 18.3. The fourth-order valence-corrected chi connectivity index (χ4v) is 3.87. The summed E-state index contributed by atoms with van der Waals surface area (Å²) in [5.41, 5.74) is 1.75. The van der Waals surface area contributed by atoms with Gasteiger partial charge in [0.25, 0.3) is 0 Å². The molecule has 0 atom stereocenters. The first-order valence-corrected chi connectivity index (χ1v) is 8.43. The number of aliphatic imine (C=N–C) groups is 1. The molecule has 0 radical (unpaired) electrons. The number of carbonyl (C=O) groups excluding carboxylic acids is 1. The monoisotopic (exact) mass is 361 g/mol. The first-order valence-electron chi connectivity index (χ1n) is 7.61. The second kappa shape index (κ2) is 6.40. The van der Waals surface area contributed by atoms with E-state index in [-0.39, 0.29) is 30.0 Å². The maximum atomic E-state index is 14.5. The highest BCUT2D eigenvalue weighted by atomic mass is 32.1. The Morgan fingerprint density at radius 1 is 1.36 bits per heavy atom. The minimum atomic E-state index is -1.04. The molecule has 0 unspecified atom stereocenters. The van der Waals surface area contributed by atoms with Crippen molar-refractivity contribution in [3.8, 4) is 0 Å². The molecule has 2 heterocycles. The number of ether oxygens (including phenoxy) is 1. The lowest BCUT2D eigenvalue weighted by Crippen LogP contribution is -2.20. The Bertz CT molecular complexity index is 917. The summed E-state index contributed by atoms with van der Waals surface area (Å²) in [6.07, 6.45) is -0.397. The van der Waals surface area contributed by atoms with Crippen LogP contribution in [0.5, 0.6) is 0 Å². The van der Waals surface area contributed by atoms with Gasteiger partial charge >= 0.3 is 5.97 Å². The van der Waals surface area contributed by atoms with Gasteiger partial charge in [-0.25, -0.2) is 4.39 Å². The highest BCUT2D eigenvalue weighted by molar-refractivity contribution is 7.14. The summed E-state index contributed by atoms with van der Waals surface area (Å²) in [5, 5.41) is 9.19. The van der Waals surface area contributed by atoms with Gasteiger partial charge in [0.15, 0.2) is 5.76 Å². The maximum Gasteiger partial charge on any atom is 0.307 e. The van der Waals surface area contributed by atoms with Gasteiger partial charge in [0.05, 0.1) is 29.7 Å². The minimum absolute atomic E-state index is 0.0555. The molecule has 0 amide bonds. The van der Waals surface area contributed by atoms with Gasteiger partial charge in [-0.1, -0.05) is 0 Å². The van der Waals surface area contributed by atoms with E-state index >= 15 is 0 Å². The number of aryl methyl sites for hydroxylation is 1. The summed E-state index contributed by atoms with van der Waals surface area (Å²) < 4.78 is 19.7. The van der Waals surface area contributed by atoms with Crippen LogP contribution in [-0.2, 0) is 9.53 Å². The predicted molar refractivity (Wildman–Crippen MR) is 92.6 cm³/mol. The van der Waals surface area contributed by atoms with Gasteiger partial charge in [-0.05, 0) is 31.6 Å². The van der Waals surface area contributed by atoms with Gasteiger partial charge in [-0.15, -0.1) is 11.3 Å². The van der Waals surface area contributed by atoms with Crippen molar-refractivity contribution in [2.24, 2.45) is 4.99 Å². The van der Waals surface area contributed by atoms with Crippen LogP contribution >= 0.6 is 11.3 Å². The molecule has 0 spiro atoms. The summed E-state index contributed by atoms with van der Waals surface area (Å²) in [4.78, 5) is 30.0. The largest absolute Gasteiger partial charge is 0.493 e. The number of thiophene rings is 1. The SMILES string of the molecule is COC1=C(F)CC2=NC(C)=C(CC(=O)O)C2=C1C(=O)c1ccc(C)s1. The first-order chi connectivity index (χ1) is 11.8. The number of carbonyl (C=O) groups is 2. The van der Waals surface area contributed by atoms with Crippen LogP contribution < -0.4 is 0 Å². The third-order valence-corrected chi connectivity index (χ3v) is 5.10. The summed E-state index contributed by atoms with van der Waals surface area (Å²) in [7, 11) is 1.30. The van der Waals surface area contributed by atoms with Crippen molar-refractivity contribution in [2.75, 3.05) is 7.11 Å². The quantitative estimate of drug-likeness (QED) is 0.805. The highest BCUT2D eigenvalue weighted by Gasteiger charge is 2.37. The first kappa shape index (κ1) is 17.3. The molecule has 7 heteroatoms. The van der Waals surface area contributed by atoms with E-state index in [0.29, 0.717) is 27.4 Å². The molecular formula is C18H16FNO4S. The third-order valence-electron chi connectivity index (χ3n) is 4.10. The Morgan fingerprint density at radius 2 is 2.08 bits per heavy atom. The third kappa shape index (κ3) is 2.95. The van der Waals surface area contributed by atoms with Crippen molar-refractivity contribution in [3.05, 3.63) is 55.9 Å². The second-order valence-corrected chi connectivity index (χ2v) is 7.09. The topological polar surface area (TPSA) is 76.0 Å². The van der Waals surface area contributed by atoms with Gasteiger partial charge < -0.3 is 9.84 Å². The van der Waals surface area contributed by atoms with Crippen molar-refractivity contribution in [3.63, 3.8) is 0 Å². The van der Waals surface area contributed by atoms with Crippen LogP contribution in [0.1, 0.15) is 34.3 Å². The summed E-state index contributed by atoms with van der Waals surface area (Å²) in [6.45, 7) is 3.54. The molecule has 0 saturated heterocycles. The molecule has 0 bridgehead atoms. The number of methoxy groups -OCH3 is 1. The van der Waals surface area contributed by atoms with Gasteiger partial charge in [0.1, 0.15) is 5.83 Å². The highest BCUT2D eigenvalue weighted by Crippen LogP contribution is 2.41. The summed E-state index contributed by atoms with van der Waals surface area (Å²) >= 11 is 1.30. The van der Waals surface area contributed by atoms with E-state index in [0.717, 1.165) is 4.88 Å². The molecule has 2 aliphatic rings. The number of carboxylic acid groups (broad SMARTS) is 1. The van der Waals surface area contributed by atoms with E-state index in [2.05, 4.69) is 4.99 Å². The lowest BCUT2D eigenvalue weighted by Gasteiger charge is -2.21. The Hall–Kier alpha value is -2.54. The molecule has 0 saturated carbocycles. The zero-order valence-electron chi connectivity index (χ0n) is 14.0.